The molecule has 1 aromatic heterocycles. The van der Waals surface area contributed by atoms with Crippen molar-refractivity contribution in [2.75, 3.05) is 37.2 Å². The third-order valence-corrected chi connectivity index (χ3v) is 9.16. The van der Waals surface area contributed by atoms with Gasteiger partial charge in [-0.1, -0.05) is 18.3 Å². The van der Waals surface area contributed by atoms with Crippen LogP contribution in [0.25, 0.3) is 0 Å². The minimum absolute atomic E-state index is 0.0917. The third-order valence-electron chi connectivity index (χ3n) is 7.07. The Kier molecular flexibility index (Phi) is 10.1. The number of hydrogen-bond donors (Lipinski definition) is 1. The third kappa shape index (κ3) is 7.10. The first-order chi connectivity index (χ1) is 16.3. The van der Waals surface area contributed by atoms with Crippen LogP contribution in [0.15, 0.2) is 10.4 Å². The van der Waals surface area contributed by atoms with Gasteiger partial charge < -0.3 is 14.7 Å². The molecule has 2 heterocycles. The number of carbonyl (C=O) groups is 3. The predicted octanol–water partition coefficient (Wildman–Crippen LogP) is 4.53. The summed E-state index contributed by atoms with van der Waals surface area (Å²) in [5.41, 5.74) is 0. The van der Waals surface area contributed by atoms with E-state index in [9.17, 15) is 14.4 Å². The first-order valence-electron chi connectivity index (χ1n) is 12.5. The second-order valence-electron chi connectivity index (χ2n) is 9.33. The number of thiazole rings is 1. The lowest BCUT2D eigenvalue weighted by atomic mass is 9.85. The highest BCUT2D eigenvalue weighted by Gasteiger charge is 2.35. The van der Waals surface area contributed by atoms with E-state index in [1.165, 1.54) is 23.1 Å². The van der Waals surface area contributed by atoms with Crippen LogP contribution in [0.1, 0.15) is 66.2 Å². The molecule has 1 saturated carbocycles. The van der Waals surface area contributed by atoms with Gasteiger partial charge in [-0.25, -0.2) is 9.78 Å². The maximum absolute atomic E-state index is 13.5. The Labute approximate surface area is 211 Å². The largest absolute Gasteiger partial charge is 0.343 e. The molecule has 0 aromatic carbocycles. The SMILES string of the molecule is CCN(CC)C(=O)CSc1cnc(NC(=O)N(C2CCC(C)CC2)C2CCN(C(C)=O)CC2)s1. The van der Waals surface area contributed by atoms with Gasteiger partial charge in [0.15, 0.2) is 5.13 Å². The molecule has 0 atom stereocenters. The maximum atomic E-state index is 13.5. The number of amides is 4. The van der Waals surface area contributed by atoms with Crippen molar-refractivity contribution in [3.63, 3.8) is 0 Å². The zero-order chi connectivity index (χ0) is 24.7. The molecule has 0 spiro atoms. The van der Waals surface area contributed by atoms with Crippen molar-refractivity contribution >= 4 is 46.1 Å². The van der Waals surface area contributed by atoms with Gasteiger partial charge in [0.05, 0.1) is 16.2 Å². The van der Waals surface area contributed by atoms with Gasteiger partial charge in [-0.2, -0.15) is 0 Å². The van der Waals surface area contributed by atoms with E-state index in [0.717, 1.165) is 42.7 Å². The number of carbonyl (C=O) groups excluding carboxylic acids is 3. The number of nitrogens with zero attached hydrogens (tertiary/aromatic N) is 4. The molecule has 1 aliphatic heterocycles. The minimum atomic E-state index is -0.0917. The molecule has 10 heteroatoms. The smallest absolute Gasteiger partial charge is 0.324 e. The van der Waals surface area contributed by atoms with Gasteiger partial charge >= 0.3 is 6.03 Å². The summed E-state index contributed by atoms with van der Waals surface area (Å²) in [6.07, 6.45) is 7.68. The summed E-state index contributed by atoms with van der Waals surface area (Å²) < 4.78 is 0.920. The standard InChI is InChI=1S/C24H39N5O3S2/c1-5-27(6-2)21(31)16-33-22-15-25-23(34-22)26-24(32)29(19-9-7-17(3)8-10-19)20-11-13-28(14-12-20)18(4)30/h15,17,19-20H,5-14,16H2,1-4H3,(H,25,26,32). The average Bonchev–Trinajstić information content (AvgIpc) is 3.27. The summed E-state index contributed by atoms with van der Waals surface area (Å²) in [6, 6.07) is 0.269. The summed E-state index contributed by atoms with van der Waals surface area (Å²) in [7, 11) is 0. The maximum Gasteiger partial charge on any atom is 0.324 e. The number of piperidine rings is 1. The fraction of sp³-hybridized carbons (Fsp3) is 0.750. The second-order valence-corrected chi connectivity index (χ2v) is 11.6. The van der Waals surface area contributed by atoms with Crippen molar-refractivity contribution in [2.45, 2.75) is 82.5 Å². The number of anilines is 1. The van der Waals surface area contributed by atoms with Crippen LogP contribution in [0, 0.1) is 5.92 Å². The summed E-state index contributed by atoms with van der Waals surface area (Å²) in [4.78, 5) is 47.7. The molecule has 34 heavy (non-hydrogen) atoms. The fourth-order valence-electron chi connectivity index (χ4n) is 4.95. The Morgan fingerprint density at radius 1 is 1.09 bits per heavy atom. The number of hydrogen-bond acceptors (Lipinski definition) is 6. The average molecular weight is 510 g/mol. The highest BCUT2D eigenvalue weighted by molar-refractivity contribution is 8.01. The van der Waals surface area contributed by atoms with Gasteiger partial charge in [0.2, 0.25) is 11.8 Å². The molecular weight excluding hydrogens is 470 g/mol. The van der Waals surface area contributed by atoms with E-state index in [1.807, 2.05) is 23.6 Å². The Morgan fingerprint density at radius 2 is 1.71 bits per heavy atom. The van der Waals surface area contributed by atoms with Crippen molar-refractivity contribution in [1.82, 2.24) is 19.7 Å². The number of likely N-dealkylation sites (tertiary alicyclic amines) is 1. The molecule has 190 valence electrons. The molecule has 0 unspecified atom stereocenters. The van der Waals surface area contributed by atoms with Crippen molar-refractivity contribution in [3.8, 4) is 0 Å². The van der Waals surface area contributed by atoms with Crippen LogP contribution in [0.5, 0.6) is 0 Å². The van der Waals surface area contributed by atoms with E-state index < -0.39 is 0 Å². The number of rotatable bonds is 8. The van der Waals surface area contributed by atoms with Crippen LogP contribution in [0.4, 0.5) is 9.93 Å². The van der Waals surface area contributed by atoms with Gasteiger partial charge in [-0.15, -0.1) is 11.8 Å². The van der Waals surface area contributed by atoms with Crippen molar-refractivity contribution < 1.29 is 14.4 Å². The number of urea groups is 1. The van der Waals surface area contributed by atoms with E-state index in [-0.39, 0.29) is 29.9 Å². The minimum Gasteiger partial charge on any atom is -0.343 e. The summed E-state index contributed by atoms with van der Waals surface area (Å²) >= 11 is 2.88. The Morgan fingerprint density at radius 3 is 2.29 bits per heavy atom. The molecule has 3 rings (SSSR count). The molecule has 1 aromatic rings. The lowest BCUT2D eigenvalue weighted by molar-refractivity contribution is -0.130. The van der Waals surface area contributed by atoms with E-state index in [2.05, 4.69) is 22.1 Å². The van der Waals surface area contributed by atoms with Crippen LogP contribution in [-0.2, 0) is 9.59 Å². The van der Waals surface area contributed by atoms with Gasteiger partial charge in [0.25, 0.3) is 0 Å². The fourth-order valence-corrected chi connectivity index (χ4v) is 6.71. The van der Waals surface area contributed by atoms with E-state index in [1.54, 1.807) is 13.1 Å². The molecule has 4 amide bonds. The molecule has 1 N–H and O–H groups in total. The molecule has 0 bridgehead atoms. The lowest BCUT2D eigenvalue weighted by Gasteiger charge is -2.44. The predicted molar refractivity (Wildman–Crippen MR) is 138 cm³/mol. The van der Waals surface area contributed by atoms with Gasteiger partial charge in [0, 0.05) is 45.2 Å². The van der Waals surface area contributed by atoms with Gasteiger partial charge in [0.1, 0.15) is 0 Å². The normalized spacial score (nSPS) is 21.2. The summed E-state index contributed by atoms with van der Waals surface area (Å²) in [5, 5.41) is 3.61. The van der Waals surface area contributed by atoms with Crippen LogP contribution < -0.4 is 5.32 Å². The van der Waals surface area contributed by atoms with Crippen molar-refractivity contribution in [2.24, 2.45) is 5.92 Å². The van der Waals surface area contributed by atoms with E-state index >= 15 is 0 Å². The zero-order valence-corrected chi connectivity index (χ0v) is 22.6. The molecule has 8 nitrogen and oxygen atoms in total. The van der Waals surface area contributed by atoms with Gasteiger partial charge in [-0.3, -0.25) is 14.9 Å². The quantitative estimate of drug-likeness (QED) is 0.521. The van der Waals surface area contributed by atoms with Gasteiger partial charge in [-0.05, 0) is 58.3 Å². The van der Waals surface area contributed by atoms with E-state index in [4.69, 9.17) is 0 Å². The summed E-state index contributed by atoms with van der Waals surface area (Å²) in [6.45, 7) is 10.7. The Hall–Kier alpha value is -1.81. The molecule has 2 fully saturated rings. The molecule has 2 aliphatic rings. The zero-order valence-electron chi connectivity index (χ0n) is 20.9. The number of nitrogens with one attached hydrogen (secondary N) is 1. The number of thioether (sulfide) groups is 1. The topological polar surface area (TPSA) is 85.8 Å². The highest BCUT2D eigenvalue weighted by Crippen LogP contribution is 2.33. The molecule has 0 radical (unpaired) electrons. The van der Waals surface area contributed by atoms with Crippen LogP contribution in [0.2, 0.25) is 0 Å². The number of aromatic nitrogens is 1. The highest BCUT2D eigenvalue weighted by atomic mass is 32.2. The van der Waals surface area contributed by atoms with Crippen LogP contribution in [-0.4, -0.2) is 81.5 Å². The van der Waals surface area contributed by atoms with Crippen LogP contribution in [0.3, 0.4) is 0 Å². The molecule has 1 aliphatic carbocycles. The Bertz CT molecular complexity index is 828. The molecular formula is C24H39N5O3S2. The van der Waals surface area contributed by atoms with Crippen molar-refractivity contribution in [1.29, 1.82) is 0 Å². The summed E-state index contributed by atoms with van der Waals surface area (Å²) in [5.74, 6) is 1.30. The Balaban J connectivity index is 1.63. The first kappa shape index (κ1) is 26.8. The van der Waals surface area contributed by atoms with Crippen molar-refractivity contribution in [3.05, 3.63) is 6.20 Å². The second kappa shape index (κ2) is 12.8. The first-order valence-corrected chi connectivity index (χ1v) is 14.3. The van der Waals surface area contributed by atoms with Crippen LogP contribution >= 0.6 is 23.1 Å². The monoisotopic (exact) mass is 509 g/mol. The lowest BCUT2D eigenvalue weighted by Crippen LogP contribution is -2.54. The molecule has 1 saturated heterocycles. The van der Waals surface area contributed by atoms with E-state index in [0.29, 0.717) is 43.0 Å².